The Hall–Kier alpha value is -2.92. The summed E-state index contributed by atoms with van der Waals surface area (Å²) in [6, 6.07) is 18.4. The fraction of sp³-hybridized carbons (Fsp3) is 0.200. The number of carbonyl (C=O) groups is 1. The molecule has 126 valence electrons. The van der Waals surface area contributed by atoms with E-state index in [1.165, 1.54) is 5.56 Å². The van der Waals surface area contributed by atoms with Crippen molar-refractivity contribution in [3.63, 3.8) is 0 Å². The molecule has 1 saturated heterocycles. The van der Waals surface area contributed by atoms with Gasteiger partial charge in [0.1, 0.15) is 0 Å². The highest BCUT2D eigenvalue weighted by atomic mass is 16.2. The SMILES string of the molecule is O=C1C[C@H](NCc2ccc(-n3ccnc3)cc2)CN1c1ccccc1. The van der Waals surface area contributed by atoms with Gasteiger partial charge in [0.25, 0.3) is 0 Å². The van der Waals surface area contributed by atoms with Crippen molar-refractivity contribution >= 4 is 11.6 Å². The second-order valence-corrected chi connectivity index (χ2v) is 6.26. The molecule has 4 rings (SSSR count). The van der Waals surface area contributed by atoms with Crippen LogP contribution in [0.15, 0.2) is 73.3 Å². The summed E-state index contributed by atoms with van der Waals surface area (Å²) < 4.78 is 1.98. The maximum absolute atomic E-state index is 12.2. The molecule has 5 nitrogen and oxygen atoms in total. The Kier molecular flexibility index (Phi) is 4.31. The molecule has 1 aromatic heterocycles. The second kappa shape index (κ2) is 6.91. The molecule has 5 heteroatoms. The summed E-state index contributed by atoms with van der Waals surface area (Å²) in [6.07, 6.45) is 6.03. The largest absolute Gasteiger partial charge is 0.311 e. The van der Waals surface area contributed by atoms with Gasteiger partial charge in [0.15, 0.2) is 0 Å². The number of carbonyl (C=O) groups excluding carboxylic acids is 1. The molecule has 0 saturated carbocycles. The molecular weight excluding hydrogens is 312 g/mol. The molecule has 2 heterocycles. The average Bonchev–Trinajstić information content (AvgIpc) is 3.31. The number of amides is 1. The summed E-state index contributed by atoms with van der Waals surface area (Å²) in [6.45, 7) is 1.47. The van der Waals surface area contributed by atoms with Gasteiger partial charge in [-0.15, -0.1) is 0 Å². The third-order valence-electron chi connectivity index (χ3n) is 4.53. The standard InChI is InChI=1S/C20H20N4O/c25-20-12-17(14-24(20)19-4-2-1-3-5-19)22-13-16-6-8-18(9-7-16)23-11-10-21-15-23/h1-11,15,17,22H,12-14H2/t17-/m0/s1. The summed E-state index contributed by atoms with van der Waals surface area (Å²) in [4.78, 5) is 18.2. The van der Waals surface area contributed by atoms with Gasteiger partial charge >= 0.3 is 0 Å². The van der Waals surface area contributed by atoms with E-state index < -0.39 is 0 Å². The van der Waals surface area contributed by atoms with Crippen molar-refractivity contribution in [1.29, 1.82) is 0 Å². The number of aromatic nitrogens is 2. The van der Waals surface area contributed by atoms with Crippen molar-refractivity contribution in [3.8, 4) is 5.69 Å². The van der Waals surface area contributed by atoms with E-state index in [1.54, 1.807) is 12.5 Å². The van der Waals surface area contributed by atoms with Gasteiger partial charge < -0.3 is 14.8 Å². The Morgan fingerprint density at radius 2 is 1.84 bits per heavy atom. The molecule has 0 bridgehead atoms. The number of benzene rings is 2. The molecule has 3 aromatic rings. The molecule has 0 spiro atoms. The highest BCUT2D eigenvalue weighted by Gasteiger charge is 2.29. The normalized spacial score (nSPS) is 17.2. The monoisotopic (exact) mass is 332 g/mol. The van der Waals surface area contributed by atoms with Crippen LogP contribution in [0, 0.1) is 0 Å². The Labute approximate surface area is 146 Å². The first-order valence-corrected chi connectivity index (χ1v) is 8.46. The van der Waals surface area contributed by atoms with E-state index in [2.05, 4.69) is 34.6 Å². The van der Waals surface area contributed by atoms with Crippen LogP contribution in [-0.4, -0.2) is 28.0 Å². The zero-order valence-electron chi connectivity index (χ0n) is 13.9. The summed E-state index contributed by atoms with van der Waals surface area (Å²) in [5, 5.41) is 3.50. The van der Waals surface area contributed by atoms with Crippen molar-refractivity contribution in [2.45, 2.75) is 19.0 Å². The van der Waals surface area contributed by atoms with E-state index in [4.69, 9.17) is 0 Å². The smallest absolute Gasteiger partial charge is 0.228 e. The summed E-state index contributed by atoms with van der Waals surface area (Å²) in [5.74, 6) is 0.180. The van der Waals surface area contributed by atoms with E-state index in [0.717, 1.165) is 24.5 Å². The van der Waals surface area contributed by atoms with Gasteiger partial charge in [0.05, 0.1) is 6.33 Å². The van der Waals surface area contributed by atoms with Crippen LogP contribution in [0.5, 0.6) is 0 Å². The van der Waals surface area contributed by atoms with Gasteiger partial charge in [-0.2, -0.15) is 0 Å². The first-order chi connectivity index (χ1) is 12.3. The number of anilines is 1. The first-order valence-electron chi connectivity index (χ1n) is 8.46. The van der Waals surface area contributed by atoms with Gasteiger partial charge in [0, 0.05) is 49.3 Å². The van der Waals surface area contributed by atoms with Crippen LogP contribution in [0.2, 0.25) is 0 Å². The van der Waals surface area contributed by atoms with E-state index >= 15 is 0 Å². The van der Waals surface area contributed by atoms with Crippen molar-refractivity contribution in [2.75, 3.05) is 11.4 Å². The maximum Gasteiger partial charge on any atom is 0.228 e. The Bertz CT molecular complexity index is 828. The molecule has 0 aliphatic carbocycles. The van der Waals surface area contributed by atoms with Crippen molar-refractivity contribution < 1.29 is 4.79 Å². The summed E-state index contributed by atoms with van der Waals surface area (Å²) in [7, 11) is 0. The van der Waals surface area contributed by atoms with Crippen LogP contribution in [0.4, 0.5) is 5.69 Å². The fourth-order valence-electron chi connectivity index (χ4n) is 3.16. The average molecular weight is 332 g/mol. The lowest BCUT2D eigenvalue weighted by Crippen LogP contribution is -2.32. The highest BCUT2D eigenvalue weighted by molar-refractivity contribution is 5.96. The number of imidazole rings is 1. The molecule has 1 aliphatic rings. The lowest BCUT2D eigenvalue weighted by molar-refractivity contribution is -0.117. The topological polar surface area (TPSA) is 50.2 Å². The van der Waals surface area contributed by atoms with Gasteiger partial charge in [-0.1, -0.05) is 30.3 Å². The van der Waals surface area contributed by atoms with Crippen LogP contribution < -0.4 is 10.2 Å². The Morgan fingerprint density at radius 1 is 1.04 bits per heavy atom. The maximum atomic E-state index is 12.2. The number of hydrogen-bond acceptors (Lipinski definition) is 3. The highest BCUT2D eigenvalue weighted by Crippen LogP contribution is 2.21. The lowest BCUT2D eigenvalue weighted by Gasteiger charge is -2.17. The molecular formula is C20H20N4O. The number of para-hydroxylation sites is 1. The van der Waals surface area contributed by atoms with E-state index in [9.17, 15) is 4.79 Å². The van der Waals surface area contributed by atoms with Crippen molar-refractivity contribution in [2.24, 2.45) is 0 Å². The minimum atomic E-state index is 0.180. The van der Waals surface area contributed by atoms with Crippen LogP contribution in [0.3, 0.4) is 0 Å². The first kappa shape index (κ1) is 15.6. The van der Waals surface area contributed by atoms with E-state index in [0.29, 0.717) is 6.42 Å². The molecule has 1 aliphatic heterocycles. The summed E-state index contributed by atoms with van der Waals surface area (Å²) in [5.41, 5.74) is 3.27. The van der Waals surface area contributed by atoms with Gasteiger partial charge in [0.2, 0.25) is 5.91 Å². The molecule has 2 aromatic carbocycles. The molecule has 25 heavy (non-hydrogen) atoms. The third-order valence-corrected chi connectivity index (χ3v) is 4.53. The lowest BCUT2D eigenvalue weighted by atomic mass is 10.2. The summed E-state index contributed by atoms with van der Waals surface area (Å²) >= 11 is 0. The molecule has 0 radical (unpaired) electrons. The molecule has 0 unspecified atom stereocenters. The molecule has 1 N–H and O–H groups in total. The van der Waals surface area contributed by atoms with Crippen LogP contribution >= 0.6 is 0 Å². The van der Waals surface area contributed by atoms with Crippen molar-refractivity contribution in [1.82, 2.24) is 14.9 Å². The zero-order valence-corrected chi connectivity index (χ0v) is 13.9. The number of nitrogens with zero attached hydrogens (tertiary/aromatic N) is 3. The van der Waals surface area contributed by atoms with Crippen LogP contribution in [0.25, 0.3) is 5.69 Å². The number of hydrogen-bond donors (Lipinski definition) is 1. The predicted octanol–water partition coefficient (Wildman–Crippen LogP) is 2.77. The van der Waals surface area contributed by atoms with Gasteiger partial charge in [-0.05, 0) is 29.8 Å². The van der Waals surface area contributed by atoms with E-state index in [1.807, 2.05) is 46.0 Å². The molecule has 1 amide bonds. The quantitative estimate of drug-likeness (QED) is 0.782. The van der Waals surface area contributed by atoms with Crippen molar-refractivity contribution in [3.05, 3.63) is 78.9 Å². The Morgan fingerprint density at radius 3 is 2.56 bits per heavy atom. The number of nitrogens with one attached hydrogen (secondary N) is 1. The number of rotatable bonds is 5. The predicted molar refractivity (Wildman–Crippen MR) is 97.6 cm³/mol. The van der Waals surface area contributed by atoms with Crippen LogP contribution in [0.1, 0.15) is 12.0 Å². The minimum absolute atomic E-state index is 0.180. The van der Waals surface area contributed by atoms with Crippen LogP contribution in [-0.2, 0) is 11.3 Å². The molecule has 1 atom stereocenters. The molecule has 1 fully saturated rings. The van der Waals surface area contributed by atoms with Gasteiger partial charge in [-0.3, -0.25) is 4.79 Å². The third kappa shape index (κ3) is 3.46. The zero-order chi connectivity index (χ0) is 17.1. The van der Waals surface area contributed by atoms with Gasteiger partial charge in [-0.25, -0.2) is 4.98 Å². The Balaban J connectivity index is 1.35. The minimum Gasteiger partial charge on any atom is -0.311 e. The van der Waals surface area contributed by atoms with E-state index in [-0.39, 0.29) is 11.9 Å². The fourth-order valence-corrected chi connectivity index (χ4v) is 3.16. The second-order valence-electron chi connectivity index (χ2n) is 6.26.